The Morgan fingerprint density at radius 2 is 1.90 bits per heavy atom. The molecule has 0 spiro atoms. The smallest absolute Gasteiger partial charge is 0.331 e. The van der Waals surface area contributed by atoms with Gasteiger partial charge in [-0.15, -0.1) is 0 Å². The van der Waals surface area contributed by atoms with Crippen LogP contribution in [0.25, 0.3) is 17.0 Å². The number of amides is 1. The number of pyridine rings is 1. The molecule has 2 heterocycles. The highest BCUT2D eigenvalue weighted by molar-refractivity contribution is 6.02. The van der Waals surface area contributed by atoms with Gasteiger partial charge in [-0.1, -0.05) is 24.3 Å². The van der Waals surface area contributed by atoms with E-state index in [0.717, 1.165) is 22.2 Å². The van der Waals surface area contributed by atoms with Crippen LogP contribution in [0.5, 0.6) is 0 Å². The molecule has 0 bridgehead atoms. The summed E-state index contributed by atoms with van der Waals surface area (Å²) in [7, 11) is 0. The summed E-state index contributed by atoms with van der Waals surface area (Å²) in [6.07, 6.45) is 2.61. The molecule has 6 heteroatoms. The maximum Gasteiger partial charge on any atom is 0.331 e. The summed E-state index contributed by atoms with van der Waals surface area (Å²) in [6, 6.07) is 16.7. The van der Waals surface area contributed by atoms with Gasteiger partial charge in [-0.05, 0) is 55.3 Å². The predicted molar refractivity (Wildman–Crippen MR) is 119 cm³/mol. The monoisotopic (exact) mass is 414 g/mol. The zero-order chi connectivity index (χ0) is 22.0. The van der Waals surface area contributed by atoms with Gasteiger partial charge in [0.05, 0.1) is 11.2 Å². The lowest BCUT2D eigenvalue weighted by atomic mass is 10.0. The van der Waals surface area contributed by atoms with Crippen LogP contribution in [0.3, 0.4) is 0 Å². The van der Waals surface area contributed by atoms with Crippen molar-refractivity contribution in [1.29, 1.82) is 0 Å². The molecule has 6 nitrogen and oxygen atoms in total. The van der Waals surface area contributed by atoms with Gasteiger partial charge in [0, 0.05) is 36.2 Å². The molecule has 0 N–H and O–H groups in total. The Labute approximate surface area is 180 Å². The number of nitrogens with zero attached hydrogens (tertiary/aromatic N) is 2. The van der Waals surface area contributed by atoms with Gasteiger partial charge in [-0.2, -0.15) is 0 Å². The Morgan fingerprint density at radius 1 is 1.10 bits per heavy atom. The number of para-hydroxylation sites is 1. The summed E-state index contributed by atoms with van der Waals surface area (Å²) in [5, 5.41) is 1.02. The van der Waals surface area contributed by atoms with E-state index in [1.54, 1.807) is 36.1 Å². The minimum atomic E-state index is -0.926. The van der Waals surface area contributed by atoms with Crippen LogP contribution in [0.15, 0.2) is 60.7 Å². The van der Waals surface area contributed by atoms with Crippen LogP contribution in [-0.2, 0) is 20.7 Å². The SMILES string of the molecule is CC(=O)N1CCc2cc(C(=O)C(C)OC(=O)/C=C/c3ccc4ccccc4n3)ccc21. The normalized spacial score (nSPS) is 13.9. The number of aromatic nitrogens is 1. The summed E-state index contributed by atoms with van der Waals surface area (Å²) in [5.41, 5.74) is 3.70. The average Bonchev–Trinajstić information content (AvgIpc) is 3.20. The van der Waals surface area contributed by atoms with Crippen LogP contribution in [-0.4, -0.2) is 35.3 Å². The van der Waals surface area contributed by atoms with Crippen LogP contribution in [0.1, 0.15) is 35.5 Å². The summed E-state index contributed by atoms with van der Waals surface area (Å²) < 4.78 is 5.29. The molecular formula is C25H22N2O4. The van der Waals surface area contributed by atoms with Gasteiger partial charge in [-0.3, -0.25) is 9.59 Å². The topological polar surface area (TPSA) is 76.6 Å². The number of fused-ring (bicyclic) bond motifs is 2. The highest BCUT2D eigenvalue weighted by Gasteiger charge is 2.25. The van der Waals surface area contributed by atoms with Crippen molar-refractivity contribution in [2.45, 2.75) is 26.4 Å². The fourth-order valence-corrected chi connectivity index (χ4v) is 3.71. The number of hydrogen-bond donors (Lipinski definition) is 0. The molecule has 0 aliphatic carbocycles. The molecule has 1 unspecified atom stereocenters. The number of anilines is 1. The number of carbonyl (C=O) groups excluding carboxylic acids is 3. The number of ether oxygens (including phenoxy) is 1. The number of benzene rings is 2. The van der Waals surface area contributed by atoms with E-state index in [9.17, 15) is 14.4 Å². The molecule has 1 aliphatic rings. The Bertz CT molecular complexity index is 1220. The van der Waals surface area contributed by atoms with E-state index in [0.29, 0.717) is 24.2 Å². The lowest BCUT2D eigenvalue weighted by Gasteiger charge is -2.15. The summed E-state index contributed by atoms with van der Waals surface area (Å²) in [5.74, 6) is -0.915. The maximum atomic E-state index is 12.7. The van der Waals surface area contributed by atoms with E-state index in [1.807, 2.05) is 36.4 Å². The molecule has 1 atom stereocenters. The number of ketones is 1. The van der Waals surface area contributed by atoms with Crippen LogP contribution in [0, 0.1) is 0 Å². The van der Waals surface area contributed by atoms with E-state index in [-0.39, 0.29) is 11.7 Å². The van der Waals surface area contributed by atoms with E-state index in [1.165, 1.54) is 13.0 Å². The first-order valence-electron chi connectivity index (χ1n) is 10.1. The zero-order valence-electron chi connectivity index (χ0n) is 17.4. The summed E-state index contributed by atoms with van der Waals surface area (Å²) in [4.78, 5) is 42.8. The van der Waals surface area contributed by atoms with Gasteiger partial charge in [0.15, 0.2) is 6.10 Å². The first kappa shape index (κ1) is 20.5. The molecule has 0 fully saturated rings. The van der Waals surface area contributed by atoms with Crippen molar-refractivity contribution in [3.63, 3.8) is 0 Å². The second-order valence-electron chi connectivity index (χ2n) is 7.47. The third-order valence-electron chi connectivity index (χ3n) is 5.31. The number of rotatable bonds is 5. The minimum absolute atomic E-state index is 0.0205. The standard InChI is InChI=1S/C25H22N2O4/c1-16(25(30)20-8-11-23-19(15-20)13-14-27(23)17(2)28)31-24(29)12-10-21-9-7-18-5-3-4-6-22(18)26-21/h3-12,15-16H,13-14H2,1-2H3/b12-10+. The van der Waals surface area contributed by atoms with Crippen molar-refractivity contribution in [3.8, 4) is 0 Å². The Hall–Kier alpha value is -3.80. The van der Waals surface area contributed by atoms with E-state index in [2.05, 4.69) is 4.98 Å². The van der Waals surface area contributed by atoms with Gasteiger partial charge >= 0.3 is 5.97 Å². The Kier molecular flexibility index (Phi) is 5.62. The highest BCUT2D eigenvalue weighted by atomic mass is 16.5. The van der Waals surface area contributed by atoms with Crippen molar-refractivity contribution in [3.05, 3.63) is 77.5 Å². The third-order valence-corrected chi connectivity index (χ3v) is 5.31. The van der Waals surface area contributed by atoms with E-state index < -0.39 is 12.1 Å². The molecule has 1 amide bonds. The highest BCUT2D eigenvalue weighted by Crippen LogP contribution is 2.29. The first-order chi connectivity index (χ1) is 14.9. The van der Waals surface area contributed by atoms with Crippen LogP contribution in [0.4, 0.5) is 5.69 Å². The number of esters is 1. The minimum Gasteiger partial charge on any atom is -0.451 e. The average molecular weight is 414 g/mol. The number of hydrogen-bond acceptors (Lipinski definition) is 5. The molecule has 31 heavy (non-hydrogen) atoms. The lowest BCUT2D eigenvalue weighted by Crippen LogP contribution is -2.26. The van der Waals surface area contributed by atoms with Crippen LogP contribution in [0.2, 0.25) is 0 Å². The van der Waals surface area contributed by atoms with Crippen LogP contribution >= 0.6 is 0 Å². The zero-order valence-corrected chi connectivity index (χ0v) is 17.4. The second kappa shape index (κ2) is 8.52. The van der Waals surface area contributed by atoms with Crippen molar-refractivity contribution < 1.29 is 19.1 Å². The molecular weight excluding hydrogens is 392 g/mol. The summed E-state index contributed by atoms with van der Waals surface area (Å²) >= 11 is 0. The predicted octanol–water partition coefficient (Wildman–Crippen LogP) is 3.97. The number of carbonyl (C=O) groups is 3. The largest absolute Gasteiger partial charge is 0.451 e. The fourth-order valence-electron chi connectivity index (χ4n) is 3.71. The van der Waals surface area contributed by atoms with E-state index >= 15 is 0 Å². The Morgan fingerprint density at radius 3 is 2.71 bits per heavy atom. The molecule has 1 aromatic heterocycles. The molecule has 3 aromatic rings. The van der Waals surface area contributed by atoms with Gasteiger partial charge < -0.3 is 9.64 Å². The first-order valence-corrected chi connectivity index (χ1v) is 10.1. The molecule has 0 saturated carbocycles. The molecule has 0 saturated heterocycles. The van der Waals surface area contributed by atoms with Gasteiger partial charge in [0.25, 0.3) is 0 Å². The molecule has 4 rings (SSSR count). The van der Waals surface area contributed by atoms with Crippen molar-refractivity contribution in [2.75, 3.05) is 11.4 Å². The van der Waals surface area contributed by atoms with E-state index in [4.69, 9.17) is 4.74 Å². The molecule has 2 aromatic carbocycles. The van der Waals surface area contributed by atoms with Crippen LogP contribution < -0.4 is 4.90 Å². The van der Waals surface area contributed by atoms with Gasteiger partial charge in [-0.25, -0.2) is 9.78 Å². The Balaban J connectivity index is 1.41. The molecule has 0 radical (unpaired) electrons. The van der Waals surface area contributed by atoms with Crippen molar-refractivity contribution in [1.82, 2.24) is 4.98 Å². The van der Waals surface area contributed by atoms with Crippen molar-refractivity contribution in [2.24, 2.45) is 0 Å². The van der Waals surface area contributed by atoms with Crippen molar-refractivity contribution >= 4 is 40.3 Å². The van der Waals surface area contributed by atoms with Gasteiger partial charge in [0.1, 0.15) is 0 Å². The molecule has 1 aliphatic heterocycles. The number of Topliss-reactive ketones (excluding diaryl/α,β-unsaturated/α-hetero) is 1. The second-order valence-corrected chi connectivity index (χ2v) is 7.47. The third kappa shape index (κ3) is 4.38. The quantitative estimate of drug-likeness (QED) is 0.359. The maximum absolute atomic E-state index is 12.7. The molecule has 156 valence electrons. The lowest BCUT2D eigenvalue weighted by molar-refractivity contribution is -0.140. The summed E-state index contributed by atoms with van der Waals surface area (Å²) in [6.45, 7) is 3.69. The van der Waals surface area contributed by atoms with Gasteiger partial charge in [0.2, 0.25) is 11.7 Å². The fraction of sp³-hybridized carbons (Fsp3) is 0.200.